The molecule has 0 unspecified atom stereocenters. The van der Waals surface area contributed by atoms with E-state index in [-0.39, 0.29) is 29.9 Å². The molecule has 1 aliphatic rings. The van der Waals surface area contributed by atoms with Crippen LogP contribution in [0.1, 0.15) is 24.8 Å². The minimum Gasteiger partial charge on any atom is -0.495 e. The second-order valence-corrected chi connectivity index (χ2v) is 9.52. The standard InChI is InChI=1S/C19H24N2O5S2/c1-4-26-19(22)14-7-9-21(10-8-14)28(23,24)18-11-15(5-6-17(18)25-3)16-12-27-13(2)20-16/h5-6,11-12,14H,4,7-10H2,1-3H3. The van der Waals surface area contributed by atoms with Gasteiger partial charge in [-0.15, -0.1) is 11.3 Å². The van der Waals surface area contributed by atoms with Crippen LogP contribution in [0, 0.1) is 12.8 Å². The van der Waals surface area contributed by atoms with E-state index in [0.29, 0.717) is 25.2 Å². The number of benzene rings is 1. The molecule has 0 radical (unpaired) electrons. The summed E-state index contributed by atoms with van der Waals surface area (Å²) in [6.45, 7) is 4.55. The number of ether oxygens (including phenoxy) is 2. The second-order valence-electron chi connectivity index (χ2n) is 6.55. The van der Waals surface area contributed by atoms with E-state index in [1.807, 2.05) is 12.3 Å². The van der Waals surface area contributed by atoms with Gasteiger partial charge >= 0.3 is 5.97 Å². The molecule has 7 nitrogen and oxygen atoms in total. The highest BCUT2D eigenvalue weighted by Gasteiger charge is 2.34. The number of hydrogen-bond acceptors (Lipinski definition) is 7. The van der Waals surface area contributed by atoms with E-state index < -0.39 is 10.0 Å². The minimum absolute atomic E-state index is 0.118. The molecule has 1 aromatic heterocycles. The van der Waals surface area contributed by atoms with Gasteiger partial charge in [0.15, 0.2) is 0 Å². The van der Waals surface area contributed by atoms with Crippen LogP contribution in [0.2, 0.25) is 0 Å². The summed E-state index contributed by atoms with van der Waals surface area (Å²) in [5.74, 6) is -0.209. The van der Waals surface area contributed by atoms with Crippen LogP contribution in [0.15, 0.2) is 28.5 Å². The summed E-state index contributed by atoms with van der Waals surface area (Å²) in [5.41, 5.74) is 1.47. The Hall–Kier alpha value is -1.97. The third-order valence-electron chi connectivity index (χ3n) is 4.77. The first kappa shape index (κ1) is 20.8. The van der Waals surface area contributed by atoms with Gasteiger partial charge in [0, 0.05) is 24.0 Å². The molecule has 28 heavy (non-hydrogen) atoms. The van der Waals surface area contributed by atoms with E-state index in [9.17, 15) is 13.2 Å². The number of aromatic nitrogens is 1. The molecule has 1 fully saturated rings. The molecular weight excluding hydrogens is 400 g/mol. The van der Waals surface area contributed by atoms with Gasteiger partial charge in [-0.2, -0.15) is 4.31 Å². The average Bonchev–Trinajstić information content (AvgIpc) is 3.14. The maximum absolute atomic E-state index is 13.3. The van der Waals surface area contributed by atoms with E-state index in [1.165, 1.54) is 22.8 Å². The Labute approximate surface area is 169 Å². The summed E-state index contributed by atoms with van der Waals surface area (Å²) in [4.78, 5) is 16.5. The molecule has 2 heterocycles. The van der Waals surface area contributed by atoms with Crippen molar-refractivity contribution in [2.24, 2.45) is 5.92 Å². The van der Waals surface area contributed by atoms with E-state index in [1.54, 1.807) is 25.1 Å². The third kappa shape index (κ3) is 4.21. The summed E-state index contributed by atoms with van der Waals surface area (Å²) >= 11 is 1.51. The van der Waals surface area contributed by atoms with E-state index in [2.05, 4.69) is 4.98 Å². The van der Waals surface area contributed by atoms with Crippen molar-refractivity contribution < 1.29 is 22.7 Å². The summed E-state index contributed by atoms with van der Waals surface area (Å²) in [5, 5.41) is 2.81. The van der Waals surface area contributed by atoms with Crippen molar-refractivity contribution >= 4 is 27.3 Å². The van der Waals surface area contributed by atoms with Gasteiger partial charge in [0.25, 0.3) is 0 Å². The number of esters is 1. The van der Waals surface area contributed by atoms with E-state index in [0.717, 1.165) is 16.3 Å². The largest absolute Gasteiger partial charge is 0.495 e. The van der Waals surface area contributed by atoms with Crippen LogP contribution in [0.25, 0.3) is 11.3 Å². The normalized spacial score (nSPS) is 16.1. The number of carbonyl (C=O) groups excluding carboxylic acids is 1. The summed E-state index contributed by atoms with van der Waals surface area (Å²) in [6.07, 6.45) is 0.900. The van der Waals surface area contributed by atoms with Gasteiger partial charge in [-0.3, -0.25) is 4.79 Å². The molecule has 0 aliphatic carbocycles. The van der Waals surface area contributed by atoms with Crippen LogP contribution in [0.4, 0.5) is 0 Å². The lowest BCUT2D eigenvalue weighted by Gasteiger charge is -2.30. The highest BCUT2D eigenvalue weighted by molar-refractivity contribution is 7.89. The Balaban J connectivity index is 1.86. The van der Waals surface area contributed by atoms with Crippen molar-refractivity contribution in [3.63, 3.8) is 0 Å². The molecule has 1 aliphatic heterocycles. The van der Waals surface area contributed by atoms with Gasteiger partial charge in [0.05, 0.1) is 30.3 Å². The van der Waals surface area contributed by atoms with Crippen LogP contribution in [-0.4, -0.2) is 50.5 Å². The molecule has 1 aromatic carbocycles. The molecule has 0 bridgehead atoms. The molecule has 2 aromatic rings. The molecule has 152 valence electrons. The van der Waals surface area contributed by atoms with Crippen LogP contribution in [-0.2, 0) is 19.6 Å². The molecule has 0 saturated carbocycles. The summed E-state index contributed by atoms with van der Waals surface area (Å²) in [7, 11) is -2.31. The number of carbonyl (C=O) groups is 1. The van der Waals surface area contributed by atoms with Crippen molar-refractivity contribution in [2.45, 2.75) is 31.6 Å². The Morgan fingerprint density at radius 2 is 2.04 bits per heavy atom. The predicted molar refractivity (Wildman–Crippen MR) is 107 cm³/mol. The molecule has 0 atom stereocenters. The highest BCUT2D eigenvalue weighted by Crippen LogP contribution is 2.34. The number of piperidine rings is 1. The fourth-order valence-corrected chi connectivity index (χ4v) is 5.54. The monoisotopic (exact) mass is 424 g/mol. The van der Waals surface area contributed by atoms with Gasteiger partial charge in [0.1, 0.15) is 10.6 Å². The van der Waals surface area contributed by atoms with Crippen molar-refractivity contribution in [3.05, 3.63) is 28.6 Å². The first-order valence-electron chi connectivity index (χ1n) is 9.14. The number of hydrogen-bond donors (Lipinski definition) is 0. The Morgan fingerprint density at radius 1 is 1.32 bits per heavy atom. The summed E-state index contributed by atoms with van der Waals surface area (Å²) in [6, 6.07) is 5.07. The zero-order chi connectivity index (χ0) is 20.3. The molecule has 1 saturated heterocycles. The molecule has 9 heteroatoms. The third-order valence-corrected chi connectivity index (χ3v) is 7.46. The van der Waals surface area contributed by atoms with Crippen LogP contribution < -0.4 is 4.74 Å². The van der Waals surface area contributed by atoms with Crippen molar-refractivity contribution in [2.75, 3.05) is 26.8 Å². The maximum atomic E-state index is 13.3. The van der Waals surface area contributed by atoms with Crippen LogP contribution in [0.5, 0.6) is 5.75 Å². The predicted octanol–water partition coefficient (Wildman–Crippen LogP) is 3.09. The first-order chi connectivity index (χ1) is 13.4. The first-order valence-corrected chi connectivity index (χ1v) is 11.5. The van der Waals surface area contributed by atoms with Crippen molar-refractivity contribution in [1.29, 1.82) is 0 Å². The smallest absolute Gasteiger partial charge is 0.309 e. The Bertz CT molecular complexity index is 947. The molecule has 3 rings (SSSR count). The molecule has 0 N–H and O–H groups in total. The Kier molecular flexibility index (Phi) is 6.36. The lowest BCUT2D eigenvalue weighted by atomic mass is 9.98. The quantitative estimate of drug-likeness (QED) is 0.663. The fraction of sp³-hybridized carbons (Fsp3) is 0.474. The number of aryl methyl sites for hydroxylation is 1. The van der Waals surface area contributed by atoms with Gasteiger partial charge in [0.2, 0.25) is 10.0 Å². The lowest BCUT2D eigenvalue weighted by molar-refractivity contribution is -0.149. The topological polar surface area (TPSA) is 85.8 Å². The van der Waals surface area contributed by atoms with Gasteiger partial charge < -0.3 is 9.47 Å². The second kappa shape index (κ2) is 8.59. The Morgan fingerprint density at radius 3 is 2.61 bits per heavy atom. The van der Waals surface area contributed by atoms with Crippen LogP contribution in [0.3, 0.4) is 0 Å². The van der Waals surface area contributed by atoms with E-state index in [4.69, 9.17) is 9.47 Å². The summed E-state index contributed by atoms with van der Waals surface area (Å²) < 4.78 is 38.3. The van der Waals surface area contributed by atoms with Gasteiger partial charge in [-0.05, 0) is 44.9 Å². The number of methoxy groups -OCH3 is 1. The lowest BCUT2D eigenvalue weighted by Crippen LogP contribution is -2.40. The van der Waals surface area contributed by atoms with Crippen LogP contribution >= 0.6 is 11.3 Å². The number of thiazole rings is 1. The van der Waals surface area contributed by atoms with Crippen molar-refractivity contribution in [1.82, 2.24) is 9.29 Å². The fourth-order valence-electron chi connectivity index (χ4n) is 3.26. The zero-order valence-electron chi connectivity index (χ0n) is 16.2. The zero-order valence-corrected chi connectivity index (χ0v) is 17.8. The molecule has 0 spiro atoms. The van der Waals surface area contributed by atoms with Crippen molar-refractivity contribution in [3.8, 4) is 17.0 Å². The SMILES string of the molecule is CCOC(=O)C1CCN(S(=O)(=O)c2cc(-c3csc(C)n3)ccc2OC)CC1. The molecular formula is C19H24N2O5S2. The van der Waals surface area contributed by atoms with E-state index >= 15 is 0 Å². The highest BCUT2D eigenvalue weighted by atomic mass is 32.2. The van der Waals surface area contributed by atoms with Gasteiger partial charge in [-0.25, -0.2) is 13.4 Å². The minimum atomic E-state index is -3.76. The maximum Gasteiger partial charge on any atom is 0.309 e. The van der Waals surface area contributed by atoms with Gasteiger partial charge in [-0.1, -0.05) is 0 Å². The molecule has 0 amide bonds. The number of sulfonamides is 1. The average molecular weight is 425 g/mol. The number of rotatable bonds is 6. The number of nitrogens with zero attached hydrogens (tertiary/aromatic N) is 2.